The van der Waals surface area contributed by atoms with Crippen LogP contribution in [-0.4, -0.2) is 18.9 Å². The van der Waals surface area contributed by atoms with Crippen LogP contribution in [0, 0.1) is 11.5 Å². The van der Waals surface area contributed by atoms with Gasteiger partial charge in [0.2, 0.25) is 5.91 Å². The average molecular weight is 290 g/mol. The van der Waals surface area contributed by atoms with E-state index in [9.17, 15) is 17.8 Å². The molecule has 0 unspecified atom stereocenters. The first-order chi connectivity index (χ1) is 9.36. The first kappa shape index (κ1) is 14.0. The number of amides is 1. The predicted molar refractivity (Wildman–Crippen MR) is 72.5 cm³/mol. The van der Waals surface area contributed by atoms with Gasteiger partial charge in [0.15, 0.2) is 6.19 Å². The molecular weight excluding hydrogens is 280 g/mol. The number of fused-ring (bicyclic) bond motifs is 1. The standard InChI is InChI=1S/C13H10N2O4S/c1-9(16)15(8-14)13-11-5-3-2-4-10(11)6-7-12(13)20(17,18)19/h2-7H,1H3,(H,17,18,19). The molecule has 0 fully saturated rings. The summed E-state index contributed by atoms with van der Waals surface area (Å²) < 4.78 is 32.2. The molecule has 2 aromatic carbocycles. The van der Waals surface area contributed by atoms with Crippen LogP contribution in [0.2, 0.25) is 0 Å². The second-order valence-corrected chi connectivity index (χ2v) is 5.45. The van der Waals surface area contributed by atoms with Gasteiger partial charge >= 0.3 is 0 Å². The molecule has 0 aliphatic heterocycles. The van der Waals surface area contributed by atoms with Gasteiger partial charge in [-0.05, 0) is 11.5 Å². The minimum absolute atomic E-state index is 0.138. The van der Waals surface area contributed by atoms with E-state index in [0.29, 0.717) is 15.7 Å². The van der Waals surface area contributed by atoms with Crippen LogP contribution in [0.15, 0.2) is 41.3 Å². The van der Waals surface area contributed by atoms with Gasteiger partial charge < -0.3 is 0 Å². The summed E-state index contributed by atoms with van der Waals surface area (Å²) in [6, 6.07) is 9.34. The lowest BCUT2D eigenvalue weighted by Gasteiger charge is -2.17. The molecule has 6 nitrogen and oxygen atoms in total. The Labute approximate surface area is 115 Å². The minimum atomic E-state index is -4.56. The largest absolute Gasteiger partial charge is 0.296 e. The minimum Gasteiger partial charge on any atom is -0.282 e. The highest BCUT2D eigenvalue weighted by molar-refractivity contribution is 7.86. The van der Waals surface area contributed by atoms with E-state index < -0.39 is 20.9 Å². The molecule has 2 rings (SSSR count). The Bertz CT molecular complexity index is 837. The van der Waals surface area contributed by atoms with Gasteiger partial charge in [0.25, 0.3) is 10.1 Å². The summed E-state index contributed by atoms with van der Waals surface area (Å²) in [4.78, 5) is 11.7. The molecule has 1 amide bonds. The van der Waals surface area contributed by atoms with Gasteiger partial charge in [0.05, 0.1) is 5.69 Å². The highest BCUT2D eigenvalue weighted by atomic mass is 32.2. The molecule has 0 saturated heterocycles. The van der Waals surface area contributed by atoms with E-state index in [1.54, 1.807) is 30.5 Å². The first-order valence-electron chi connectivity index (χ1n) is 5.56. The zero-order valence-electron chi connectivity index (χ0n) is 10.4. The van der Waals surface area contributed by atoms with E-state index >= 15 is 0 Å². The molecule has 0 saturated carbocycles. The number of nitrogens with zero attached hydrogens (tertiary/aromatic N) is 2. The Morgan fingerprint density at radius 1 is 1.25 bits per heavy atom. The number of nitriles is 1. The lowest BCUT2D eigenvalue weighted by Crippen LogP contribution is -2.24. The maximum absolute atomic E-state index is 11.5. The Morgan fingerprint density at radius 2 is 1.90 bits per heavy atom. The molecule has 1 N–H and O–H groups in total. The van der Waals surface area contributed by atoms with Crippen LogP contribution in [0.5, 0.6) is 0 Å². The smallest absolute Gasteiger partial charge is 0.282 e. The van der Waals surface area contributed by atoms with Crippen LogP contribution in [0.1, 0.15) is 6.92 Å². The van der Waals surface area contributed by atoms with E-state index in [1.807, 2.05) is 0 Å². The molecule has 0 spiro atoms. The highest BCUT2D eigenvalue weighted by Gasteiger charge is 2.24. The van der Waals surface area contributed by atoms with Gasteiger partial charge in [-0.15, -0.1) is 0 Å². The summed E-state index contributed by atoms with van der Waals surface area (Å²) in [5.41, 5.74) is -0.138. The number of carbonyl (C=O) groups is 1. The summed E-state index contributed by atoms with van der Waals surface area (Å²) in [5, 5.41) is 10.1. The van der Waals surface area contributed by atoms with Crippen molar-refractivity contribution in [2.45, 2.75) is 11.8 Å². The normalized spacial score (nSPS) is 11.1. The Morgan fingerprint density at radius 3 is 2.45 bits per heavy atom. The number of anilines is 1. The van der Waals surface area contributed by atoms with E-state index in [4.69, 9.17) is 5.26 Å². The zero-order chi connectivity index (χ0) is 14.9. The van der Waals surface area contributed by atoms with Gasteiger partial charge in [-0.3, -0.25) is 9.35 Å². The fourth-order valence-electron chi connectivity index (χ4n) is 1.95. The van der Waals surface area contributed by atoms with Crippen LogP contribution in [-0.2, 0) is 14.9 Å². The van der Waals surface area contributed by atoms with Crippen molar-refractivity contribution in [2.24, 2.45) is 0 Å². The lowest BCUT2D eigenvalue weighted by atomic mass is 10.1. The number of hydrogen-bond donors (Lipinski definition) is 1. The molecule has 0 aliphatic rings. The van der Waals surface area contributed by atoms with Crippen molar-refractivity contribution in [2.75, 3.05) is 4.90 Å². The van der Waals surface area contributed by atoms with Crippen molar-refractivity contribution >= 4 is 32.5 Å². The number of hydrogen-bond acceptors (Lipinski definition) is 4. The molecule has 0 aliphatic carbocycles. The third kappa shape index (κ3) is 2.34. The average Bonchev–Trinajstić information content (AvgIpc) is 2.38. The molecular formula is C13H10N2O4S. The summed E-state index contributed by atoms with van der Waals surface area (Å²) in [5.74, 6) is -0.645. The van der Waals surface area contributed by atoms with Crippen molar-refractivity contribution in [3.8, 4) is 6.19 Å². The lowest BCUT2D eigenvalue weighted by molar-refractivity contribution is -0.115. The maximum atomic E-state index is 11.5. The molecule has 20 heavy (non-hydrogen) atoms. The molecule has 0 radical (unpaired) electrons. The molecule has 0 aromatic heterocycles. The number of benzene rings is 2. The second-order valence-electron chi connectivity index (χ2n) is 4.06. The third-order valence-electron chi connectivity index (χ3n) is 2.78. The predicted octanol–water partition coefficient (Wildman–Crippen LogP) is 1.92. The molecule has 0 atom stereocenters. The highest BCUT2D eigenvalue weighted by Crippen LogP contribution is 2.33. The fourth-order valence-corrected chi connectivity index (χ4v) is 2.64. The SMILES string of the molecule is CC(=O)N(C#N)c1c(S(=O)(=O)O)ccc2ccccc12. The van der Waals surface area contributed by atoms with Crippen LogP contribution in [0.4, 0.5) is 5.69 Å². The van der Waals surface area contributed by atoms with Crippen molar-refractivity contribution < 1.29 is 17.8 Å². The van der Waals surface area contributed by atoms with Crippen molar-refractivity contribution in [3.63, 3.8) is 0 Å². The monoisotopic (exact) mass is 290 g/mol. The number of rotatable bonds is 2. The van der Waals surface area contributed by atoms with Crippen molar-refractivity contribution in [1.82, 2.24) is 0 Å². The van der Waals surface area contributed by atoms with Gasteiger partial charge in [0.1, 0.15) is 4.90 Å². The van der Waals surface area contributed by atoms with Gasteiger partial charge in [0, 0.05) is 12.3 Å². The van der Waals surface area contributed by atoms with Crippen LogP contribution in [0.3, 0.4) is 0 Å². The quantitative estimate of drug-likeness (QED) is 0.517. The zero-order valence-corrected chi connectivity index (χ0v) is 11.3. The summed E-state index contributed by atoms with van der Waals surface area (Å²) in [6.07, 6.45) is 1.63. The first-order valence-corrected chi connectivity index (χ1v) is 7.00. The fraction of sp³-hybridized carbons (Fsp3) is 0.0769. The van der Waals surface area contributed by atoms with Crippen molar-refractivity contribution in [3.05, 3.63) is 36.4 Å². The molecule has 0 bridgehead atoms. The van der Waals surface area contributed by atoms with Gasteiger partial charge in [-0.2, -0.15) is 13.7 Å². The third-order valence-corrected chi connectivity index (χ3v) is 3.67. The summed E-state index contributed by atoms with van der Waals surface area (Å²) >= 11 is 0. The second kappa shape index (κ2) is 4.92. The molecule has 2 aromatic rings. The summed E-state index contributed by atoms with van der Waals surface area (Å²) in [6.45, 7) is 1.14. The Balaban J connectivity index is 2.96. The van der Waals surface area contributed by atoms with Crippen LogP contribution >= 0.6 is 0 Å². The van der Waals surface area contributed by atoms with Gasteiger partial charge in [-0.1, -0.05) is 30.3 Å². The molecule has 0 heterocycles. The van der Waals surface area contributed by atoms with Crippen LogP contribution in [0.25, 0.3) is 10.8 Å². The van der Waals surface area contributed by atoms with E-state index in [-0.39, 0.29) is 5.69 Å². The van der Waals surface area contributed by atoms with E-state index in [1.165, 1.54) is 12.1 Å². The molecule has 102 valence electrons. The summed E-state index contributed by atoms with van der Waals surface area (Å²) in [7, 11) is -4.56. The number of carbonyl (C=O) groups excluding carboxylic acids is 1. The Kier molecular flexibility index (Phi) is 3.44. The Hall–Kier alpha value is -2.43. The molecule has 7 heteroatoms. The van der Waals surface area contributed by atoms with E-state index in [2.05, 4.69) is 0 Å². The maximum Gasteiger partial charge on any atom is 0.296 e. The van der Waals surface area contributed by atoms with Gasteiger partial charge in [-0.25, -0.2) is 4.90 Å². The van der Waals surface area contributed by atoms with Crippen molar-refractivity contribution in [1.29, 1.82) is 5.26 Å². The van der Waals surface area contributed by atoms with Crippen LogP contribution < -0.4 is 4.90 Å². The topological polar surface area (TPSA) is 98.5 Å². The van der Waals surface area contributed by atoms with E-state index in [0.717, 1.165) is 6.92 Å².